The summed E-state index contributed by atoms with van der Waals surface area (Å²) in [5, 5.41) is 0. The van der Waals surface area contributed by atoms with Crippen molar-refractivity contribution in [3.8, 4) is 0 Å². The number of rotatable bonds is 5. The zero-order chi connectivity index (χ0) is 10.5. The van der Waals surface area contributed by atoms with Crippen molar-refractivity contribution in [1.82, 2.24) is 0 Å². The first-order valence-corrected chi connectivity index (χ1v) is 5.74. The molecule has 0 rings (SSSR count). The van der Waals surface area contributed by atoms with Gasteiger partial charge >= 0.3 is 13.6 Å². The average Bonchev–Trinajstić information content (AvgIpc) is 2.02. The van der Waals surface area contributed by atoms with Gasteiger partial charge in [0.2, 0.25) is 0 Å². The van der Waals surface area contributed by atoms with Crippen LogP contribution in [0.25, 0.3) is 0 Å². The molecule has 5 nitrogen and oxygen atoms in total. The van der Waals surface area contributed by atoms with E-state index < -0.39 is 19.7 Å². The van der Waals surface area contributed by atoms with Crippen LogP contribution in [0.3, 0.4) is 0 Å². The first-order chi connectivity index (χ1) is 5.91. The highest BCUT2D eigenvalue weighted by molar-refractivity contribution is 7.53. The zero-order valence-electron chi connectivity index (χ0n) is 8.02. The molecule has 0 aliphatic rings. The minimum atomic E-state index is -3.81. The van der Waals surface area contributed by atoms with Crippen LogP contribution in [0, 0.1) is 0 Å². The van der Waals surface area contributed by atoms with E-state index in [0.717, 1.165) is 7.11 Å². The summed E-state index contributed by atoms with van der Waals surface area (Å²) in [4.78, 5) is 19.8. The van der Waals surface area contributed by atoms with E-state index in [1.807, 2.05) is 6.92 Å². The summed E-state index contributed by atoms with van der Waals surface area (Å²) in [6, 6.07) is 0. The van der Waals surface area contributed by atoms with Crippen LogP contribution < -0.4 is 0 Å². The molecule has 0 heterocycles. The molecular formula is C7H15O5P. The standard InChI is InChI=1S/C7H15O5P/c1-4-6(2)12-13(9,10)5-7(8)11-3/h6H,4-5H2,1-3H3,(H,9,10). The lowest BCUT2D eigenvalue weighted by molar-refractivity contribution is -0.137. The fourth-order valence-electron chi connectivity index (χ4n) is 0.621. The summed E-state index contributed by atoms with van der Waals surface area (Å²) in [6.07, 6.45) is -0.306. The molecular weight excluding hydrogens is 195 g/mol. The summed E-state index contributed by atoms with van der Waals surface area (Å²) >= 11 is 0. The quantitative estimate of drug-likeness (QED) is 0.544. The van der Waals surface area contributed by atoms with Crippen LogP contribution in [0.4, 0.5) is 0 Å². The Kier molecular flexibility index (Phi) is 5.21. The Bertz CT molecular complexity index is 215. The fourth-order valence-corrected chi connectivity index (χ4v) is 1.86. The highest BCUT2D eigenvalue weighted by atomic mass is 31.2. The SMILES string of the molecule is CCC(C)OP(=O)(O)CC(=O)OC. The van der Waals surface area contributed by atoms with Crippen molar-refractivity contribution in [2.24, 2.45) is 0 Å². The first kappa shape index (κ1) is 12.6. The van der Waals surface area contributed by atoms with E-state index in [2.05, 4.69) is 4.74 Å². The van der Waals surface area contributed by atoms with Crippen LogP contribution in [0.2, 0.25) is 0 Å². The van der Waals surface area contributed by atoms with E-state index >= 15 is 0 Å². The van der Waals surface area contributed by atoms with Crippen molar-refractivity contribution >= 4 is 13.6 Å². The maximum atomic E-state index is 11.2. The second-order valence-electron chi connectivity index (χ2n) is 2.70. The molecule has 0 aromatic rings. The number of carbonyl (C=O) groups excluding carboxylic acids is 1. The van der Waals surface area contributed by atoms with Gasteiger partial charge in [-0.3, -0.25) is 9.36 Å². The normalized spacial score (nSPS) is 17.5. The molecule has 0 amide bonds. The van der Waals surface area contributed by atoms with Gasteiger partial charge in [0.05, 0.1) is 13.2 Å². The molecule has 0 spiro atoms. The molecule has 0 aliphatic carbocycles. The Morgan fingerprint density at radius 1 is 1.62 bits per heavy atom. The predicted molar refractivity (Wildman–Crippen MR) is 47.5 cm³/mol. The highest BCUT2D eigenvalue weighted by Crippen LogP contribution is 2.43. The molecule has 0 saturated carbocycles. The van der Waals surface area contributed by atoms with Gasteiger partial charge in [0.25, 0.3) is 0 Å². The fraction of sp³-hybridized carbons (Fsp3) is 0.857. The Balaban J connectivity index is 4.08. The van der Waals surface area contributed by atoms with Gasteiger partial charge in [-0.15, -0.1) is 0 Å². The van der Waals surface area contributed by atoms with Crippen LogP contribution in [0.15, 0.2) is 0 Å². The van der Waals surface area contributed by atoms with Crippen LogP contribution in [-0.4, -0.2) is 30.2 Å². The minimum Gasteiger partial charge on any atom is -0.469 e. The van der Waals surface area contributed by atoms with Gasteiger partial charge < -0.3 is 14.2 Å². The molecule has 1 N–H and O–H groups in total. The minimum absolute atomic E-state index is 0.333. The summed E-state index contributed by atoms with van der Waals surface area (Å²) in [6.45, 7) is 3.49. The predicted octanol–water partition coefficient (Wildman–Crippen LogP) is 1.16. The Morgan fingerprint density at radius 3 is 2.54 bits per heavy atom. The molecule has 0 saturated heterocycles. The van der Waals surface area contributed by atoms with E-state index in [9.17, 15) is 9.36 Å². The molecule has 0 fully saturated rings. The van der Waals surface area contributed by atoms with Gasteiger partial charge in [0.1, 0.15) is 6.16 Å². The third kappa shape index (κ3) is 5.80. The molecule has 0 aromatic heterocycles. The van der Waals surface area contributed by atoms with Gasteiger partial charge in [-0.25, -0.2) is 0 Å². The highest BCUT2D eigenvalue weighted by Gasteiger charge is 2.26. The van der Waals surface area contributed by atoms with Crippen molar-refractivity contribution in [3.05, 3.63) is 0 Å². The van der Waals surface area contributed by atoms with E-state index in [4.69, 9.17) is 9.42 Å². The van der Waals surface area contributed by atoms with Crippen LogP contribution >= 0.6 is 7.60 Å². The summed E-state index contributed by atoms with van der Waals surface area (Å²) < 4.78 is 20.2. The number of ether oxygens (including phenoxy) is 1. The Morgan fingerprint density at radius 2 is 2.15 bits per heavy atom. The van der Waals surface area contributed by atoms with Crippen LogP contribution in [0.1, 0.15) is 20.3 Å². The van der Waals surface area contributed by atoms with Gasteiger partial charge in [-0.1, -0.05) is 6.92 Å². The first-order valence-electron chi connectivity index (χ1n) is 3.98. The summed E-state index contributed by atoms with van der Waals surface area (Å²) in [5.74, 6) is -0.742. The van der Waals surface area contributed by atoms with Gasteiger partial charge in [-0.2, -0.15) is 0 Å². The Labute approximate surface area is 77.6 Å². The zero-order valence-corrected chi connectivity index (χ0v) is 8.91. The molecule has 0 bridgehead atoms. The molecule has 2 unspecified atom stereocenters. The number of carbonyl (C=O) groups is 1. The van der Waals surface area contributed by atoms with E-state index in [1.54, 1.807) is 6.92 Å². The van der Waals surface area contributed by atoms with Crippen molar-refractivity contribution < 1.29 is 23.5 Å². The van der Waals surface area contributed by atoms with Crippen molar-refractivity contribution in [2.75, 3.05) is 13.3 Å². The van der Waals surface area contributed by atoms with Crippen LogP contribution in [-0.2, 0) is 18.6 Å². The van der Waals surface area contributed by atoms with Crippen LogP contribution in [0.5, 0.6) is 0 Å². The maximum absolute atomic E-state index is 11.2. The molecule has 6 heteroatoms. The smallest absolute Gasteiger partial charge is 0.339 e. The number of methoxy groups -OCH3 is 1. The van der Waals surface area contributed by atoms with Crippen molar-refractivity contribution in [3.63, 3.8) is 0 Å². The largest absolute Gasteiger partial charge is 0.469 e. The molecule has 78 valence electrons. The molecule has 0 radical (unpaired) electrons. The topological polar surface area (TPSA) is 72.8 Å². The molecule has 2 atom stereocenters. The number of hydrogen-bond donors (Lipinski definition) is 1. The maximum Gasteiger partial charge on any atom is 0.339 e. The Hall–Kier alpha value is -0.380. The van der Waals surface area contributed by atoms with Gasteiger partial charge in [0.15, 0.2) is 0 Å². The third-order valence-electron chi connectivity index (χ3n) is 1.48. The van der Waals surface area contributed by atoms with Crippen molar-refractivity contribution in [1.29, 1.82) is 0 Å². The number of hydrogen-bond acceptors (Lipinski definition) is 4. The lowest BCUT2D eigenvalue weighted by Crippen LogP contribution is -2.12. The second kappa shape index (κ2) is 5.37. The van der Waals surface area contributed by atoms with E-state index in [0.29, 0.717) is 6.42 Å². The van der Waals surface area contributed by atoms with Crippen molar-refractivity contribution in [2.45, 2.75) is 26.4 Å². The second-order valence-corrected chi connectivity index (χ2v) is 4.50. The van der Waals surface area contributed by atoms with Gasteiger partial charge in [-0.05, 0) is 13.3 Å². The third-order valence-corrected chi connectivity index (χ3v) is 2.82. The monoisotopic (exact) mass is 210 g/mol. The lowest BCUT2D eigenvalue weighted by Gasteiger charge is -2.15. The average molecular weight is 210 g/mol. The number of esters is 1. The summed E-state index contributed by atoms with van der Waals surface area (Å²) in [5.41, 5.74) is 0. The lowest BCUT2D eigenvalue weighted by atomic mass is 10.3. The van der Waals surface area contributed by atoms with E-state index in [1.165, 1.54) is 0 Å². The van der Waals surface area contributed by atoms with Gasteiger partial charge in [0, 0.05) is 0 Å². The summed E-state index contributed by atoms with van der Waals surface area (Å²) in [7, 11) is -2.65. The molecule has 0 aromatic carbocycles. The van der Waals surface area contributed by atoms with E-state index in [-0.39, 0.29) is 6.10 Å². The molecule has 0 aliphatic heterocycles. The molecule has 13 heavy (non-hydrogen) atoms.